The van der Waals surface area contributed by atoms with Gasteiger partial charge in [0.2, 0.25) is 0 Å². The van der Waals surface area contributed by atoms with Crippen LogP contribution in [0.3, 0.4) is 0 Å². The van der Waals surface area contributed by atoms with Crippen molar-refractivity contribution in [1.29, 1.82) is 0 Å². The second-order valence-electron chi connectivity index (χ2n) is 18.9. The van der Waals surface area contributed by atoms with Crippen molar-refractivity contribution in [3.05, 3.63) is 310 Å². The Morgan fingerprint density at radius 2 is 0.403 bits per heavy atom. The lowest BCUT2D eigenvalue weighted by Crippen LogP contribution is -2.28. The van der Waals surface area contributed by atoms with Crippen LogP contribution in [0.4, 0.5) is 0 Å². The van der Waals surface area contributed by atoms with Crippen LogP contribution in [-0.4, -0.2) is 0 Å². The van der Waals surface area contributed by atoms with Gasteiger partial charge in [-0.2, -0.15) is 0 Å². The molecule has 0 atom stereocenters. The summed E-state index contributed by atoms with van der Waals surface area (Å²) in [5, 5.41) is 0. The van der Waals surface area contributed by atoms with Gasteiger partial charge in [-0.25, -0.2) is 0 Å². The van der Waals surface area contributed by atoms with Crippen LogP contribution in [0.5, 0.6) is 0 Å². The molecule has 0 unspecified atom stereocenters. The fourth-order valence-corrected chi connectivity index (χ4v) is 13.4. The summed E-state index contributed by atoms with van der Waals surface area (Å²) in [5.74, 6) is 0. The molecule has 0 aliphatic heterocycles. The molecule has 10 aromatic rings. The molecule has 67 heavy (non-hydrogen) atoms. The van der Waals surface area contributed by atoms with Crippen molar-refractivity contribution >= 4 is 0 Å². The van der Waals surface area contributed by atoms with Gasteiger partial charge in [0, 0.05) is 5.41 Å². The molecule has 0 N–H and O–H groups in total. The minimum Gasteiger partial charge on any atom is -0.0622 e. The van der Waals surface area contributed by atoms with Crippen LogP contribution >= 0.6 is 0 Å². The highest BCUT2D eigenvalue weighted by Crippen LogP contribution is 2.63. The van der Waals surface area contributed by atoms with E-state index in [2.05, 4.69) is 255 Å². The van der Waals surface area contributed by atoms with E-state index < -0.39 is 0 Å². The zero-order valence-corrected chi connectivity index (χ0v) is 37.6. The molecule has 5 aliphatic carbocycles. The monoisotopic (exact) mass is 854 g/mol. The average Bonchev–Trinajstić information content (AvgIpc) is 4.22. The molecular formula is C67H50. The summed E-state index contributed by atoms with van der Waals surface area (Å²) in [6.07, 6.45) is 5.42. The summed E-state index contributed by atoms with van der Waals surface area (Å²) < 4.78 is 0. The first-order chi connectivity index (χ1) is 33.3. The Balaban J connectivity index is 0.000000102. The van der Waals surface area contributed by atoms with Crippen LogP contribution in [0.25, 0.3) is 44.5 Å². The molecule has 0 radical (unpaired) electrons. The predicted octanol–water partition coefficient (Wildman–Crippen LogP) is 16.6. The molecule has 15 rings (SSSR count). The summed E-state index contributed by atoms with van der Waals surface area (Å²) in [6.45, 7) is 0. The molecule has 1 fully saturated rings. The lowest BCUT2D eigenvalue weighted by atomic mass is 9.68. The smallest absolute Gasteiger partial charge is 0.0622 e. The predicted molar refractivity (Wildman–Crippen MR) is 278 cm³/mol. The first-order valence-corrected chi connectivity index (χ1v) is 24.1. The normalized spacial score (nSPS) is 15.6. The number of fused-ring (bicyclic) bond motifs is 18. The van der Waals surface area contributed by atoms with Gasteiger partial charge >= 0.3 is 0 Å². The molecule has 1 saturated carbocycles. The van der Waals surface area contributed by atoms with Crippen LogP contribution in [-0.2, 0) is 16.2 Å². The lowest BCUT2D eigenvalue weighted by molar-refractivity contribution is 0.550. The molecule has 0 saturated heterocycles. The zero-order valence-electron chi connectivity index (χ0n) is 37.6. The summed E-state index contributed by atoms with van der Waals surface area (Å²) >= 11 is 0. The van der Waals surface area contributed by atoms with Crippen LogP contribution in [0.1, 0.15) is 81.3 Å². The quantitative estimate of drug-likeness (QED) is 0.163. The Hall–Kier alpha value is -7.80. The average molecular weight is 855 g/mol. The maximum absolute atomic E-state index is 2.35. The van der Waals surface area contributed by atoms with E-state index >= 15 is 0 Å². The van der Waals surface area contributed by atoms with E-state index in [1.165, 1.54) is 115 Å². The van der Waals surface area contributed by atoms with E-state index in [0.29, 0.717) is 5.41 Å². The van der Waals surface area contributed by atoms with Crippen LogP contribution < -0.4 is 0 Å². The molecule has 10 aromatic carbocycles. The fourth-order valence-electron chi connectivity index (χ4n) is 13.4. The van der Waals surface area contributed by atoms with Crippen molar-refractivity contribution < 1.29 is 0 Å². The molecule has 5 aliphatic rings. The molecule has 2 spiro atoms. The van der Waals surface area contributed by atoms with Gasteiger partial charge in [-0.15, -0.1) is 0 Å². The van der Waals surface area contributed by atoms with E-state index in [9.17, 15) is 0 Å². The van der Waals surface area contributed by atoms with Gasteiger partial charge in [0.25, 0.3) is 0 Å². The topological polar surface area (TPSA) is 0 Å². The minimum atomic E-state index is -0.254. The largest absolute Gasteiger partial charge is 0.0725 e. The van der Waals surface area contributed by atoms with Crippen molar-refractivity contribution in [3.8, 4) is 44.5 Å². The highest BCUT2D eigenvalue weighted by molar-refractivity contribution is 5.95. The number of rotatable bonds is 2. The van der Waals surface area contributed by atoms with Gasteiger partial charge in [0.1, 0.15) is 0 Å². The second kappa shape index (κ2) is 15.7. The Morgan fingerprint density at radius 1 is 0.194 bits per heavy atom. The van der Waals surface area contributed by atoms with Crippen molar-refractivity contribution in [2.24, 2.45) is 0 Å². The molecule has 0 bridgehead atoms. The Labute approximate surface area is 394 Å². The first-order valence-electron chi connectivity index (χ1n) is 24.1. The van der Waals surface area contributed by atoms with Gasteiger partial charge in [-0.05, 0) is 113 Å². The third kappa shape index (κ3) is 5.60. The van der Waals surface area contributed by atoms with Crippen LogP contribution in [0.2, 0.25) is 0 Å². The Bertz CT molecular complexity index is 3030. The number of hydrogen-bond acceptors (Lipinski definition) is 0. The SMILES string of the molecule is c1ccc(C2(c3ccccc3)c3ccccc3-c3ccccc32)cc1.c1ccc2c(c1)-c1ccccc1C21CCCC1.c1ccc2c(c1)-c1ccccc1C21c2ccccc2-c2ccccc21. The molecule has 0 aromatic heterocycles. The maximum atomic E-state index is 2.35. The van der Waals surface area contributed by atoms with E-state index in [1.54, 1.807) is 11.1 Å². The molecule has 318 valence electrons. The molecular weight excluding hydrogens is 805 g/mol. The summed E-state index contributed by atoms with van der Waals surface area (Å²) in [5.41, 5.74) is 25.2. The highest BCUT2D eigenvalue weighted by atomic mass is 14.5. The van der Waals surface area contributed by atoms with E-state index in [1.807, 2.05) is 0 Å². The first kappa shape index (κ1) is 39.6. The minimum absolute atomic E-state index is 0.180. The number of hydrogen-bond donors (Lipinski definition) is 0. The van der Waals surface area contributed by atoms with Crippen molar-refractivity contribution in [3.63, 3.8) is 0 Å². The zero-order chi connectivity index (χ0) is 44.4. The molecule has 0 heteroatoms. The van der Waals surface area contributed by atoms with E-state index in [4.69, 9.17) is 0 Å². The third-order valence-electron chi connectivity index (χ3n) is 15.9. The Morgan fingerprint density at radius 3 is 0.687 bits per heavy atom. The fraction of sp³-hybridized carbons (Fsp3) is 0.104. The van der Waals surface area contributed by atoms with Gasteiger partial charge in [0.05, 0.1) is 10.8 Å². The molecule has 0 heterocycles. The van der Waals surface area contributed by atoms with E-state index in [-0.39, 0.29) is 10.8 Å². The highest BCUT2D eigenvalue weighted by Gasteiger charge is 2.51. The maximum Gasteiger partial charge on any atom is 0.0725 e. The van der Waals surface area contributed by atoms with Crippen LogP contribution in [0.15, 0.2) is 255 Å². The van der Waals surface area contributed by atoms with Gasteiger partial charge in [-0.3, -0.25) is 0 Å². The van der Waals surface area contributed by atoms with E-state index in [0.717, 1.165) is 0 Å². The standard InChI is InChI=1S/C25H16.C25H18.C17H16/c1-5-13-21-17(9-1)18-10-2-6-14-22(18)25(21)23-15-7-3-11-19(23)20-12-4-8-16-24(20)25;1-3-11-19(12-4-1)25(20-13-5-2-6-14-20)23-17-9-7-15-21(23)22-16-8-10-18-24(22)25;1-3-9-15-13(7-1)14-8-2-4-10-16(14)17(15)11-5-6-12-17/h1-16H;1-18H;1-4,7-10H,5-6,11-12H2. The van der Waals surface area contributed by atoms with Crippen molar-refractivity contribution in [2.45, 2.75) is 41.9 Å². The third-order valence-corrected chi connectivity index (χ3v) is 15.9. The summed E-state index contributed by atoms with van der Waals surface area (Å²) in [7, 11) is 0. The van der Waals surface area contributed by atoms with Crippen molar-refractivity contribution in [2.75, 3.05) is 0 Å². The Kier molecular flexibility index (Phi) is 9.26. The molecule has 0 nitrogen and oxygen atoms in total. The van der Waals surface area contributed by atoms with Gasteiger partial charge < -0.3 is 0 Å². The number of benzene rings is 10. The van der Waals surface area contributed by atoms with Crippen LogP contribution in [0, 0.1) is 0 Å². The molecule has 0 amide bonds. The van der Waals surface area contributed by atoms with Gasteiger partial charge in [0.15, 0.2) is 0 Å². The van der Waals surface area contributed by atoms with Gasteiger partial charge in [-0.1, -0.05) is 268 Å². The lowest BCUT2D eigenvalue weighted by Gasteiger charge is -2.33. The second-order valence-corrected chi connectivity index (χ2v) is 18.9. The van der Waals surface area contributed by atoms with Crippen molar-refractivity contribution in [1.82, 2.24) is 0 Å². The summed E-state index contributed by atoms with van der Waals surface area (Å²) in [4.78, 5) is 0. The summed E-state index contributed by atoms with van der Waals surface area (Å²) in [6, 6.07) is 93.1.